The highest BCUT2D eigenvalue weighted by Crippen LogP contribution is 2.39. The predicted molar refractivity (Wildman–Crippen MR) is 96.4 cm³/mol. The van der Waals surface area contributed by atoms with E-state index in [0.29, 0.717) is 5.41 Å². The average molecular weight is 343 g/mol. The van der Waals surface area contributed by atoms with E-state index in [1.807, 2.05) is 12.1 Å². The van der Waals surface area contributed by atoms with Crippen LogP contribution in [0, 0.1) is 11.3 Å². The largest absolute Gasteiger partial charge is 0.381 e. The Morgan fingerprint density at radius 1 is 1.24 bits per heavy atom. The van der Waals surface area contributed by atoms with Crippen molar-refractivity contribution in [2.75, 3.05) is 45.9 Å². The SMILES string of the molecule is O=C(c1cccnc1)N1CC[C@]2(CCCN(CC3CCOCC3)C2)C1. The van der Waals surface area contributed by atoms with Crippen LogP contribution in [0.3, 0.4) is 0 Å². The van der Waals surface area contributed by atoms with Gasteiger partial charge in [-0.3, -0.25) is 9.78 Å². The fourth-order valence-corrected chi connectivity index (χ4v) is 4.87. The van der Waals surface area contributed by atoms with Gasteiger partial charge in [0.25, 0.3) is 5.91 Å². The Hall–Kier alpha value is -1.46. The number of hydrogen-bond acceptors (Lipinski definition) is 4. The molecular weight excluding hydrogens is 314 g/mol. The van der Waals surface area contributed by atoms with Crippen LogP contribution in [0.1, 0.15) is 42.5 Å². The van der Waals surface area contributed by atoms with E-state index in [2.05, 4.69) is 14.8 Å². The van der Waals surface area contributed by atoms with Crippen LogP contribution >= 0.6 is 0 Å². The second-order valence-electron chi connectivity index (χ2n) is 8.11. The van der Waals surface area contributed by atoms with Crippen LogP contribution in [0.5, 0.6) is 0 Å². The summed E-state index contributed by atoms with van der Waals surface area (Å²) in [7, 11) is 0. The third-order valence-electron chi connectivity index (χ3n) is 6.23. The highest BCUT2D eigenvalue weighted by molar-refractivity contribution is 5.94. The van der Waals surface area contributed by atoms with Crippen LogP contribution < -0.4 is 0 Å². The summed E-state index contributed by atoms with van der Waals surface area (Å²) < 4.78 is 5.50. The molecule has 0 radical (unpaired) electrons. The molecule has 0 aromatic carbocycles. The summed E-state index contributed by atoms with van der Waals surface area (Å²) in [5, 5.41) is 0. The Balaban J connectivity index is 1.36. The molecule has 3 saturated heterocycles. The Labute approximate surface area is 150 Å². The van der Waals surface area contributed by atoms with Gasteiger partial charge in [0.05, 0.1) is 5.56 Å². The van der Waals surface area contributed by atoms with Crippen LogP contribution in [-0.4, -0.2) is 66.6 Å². The molecule has 136 valence electrons. The standard InChI is InChI=1S/C20H29N3O2/c24-19(18-3-1-8-21-13-18)23-10-7-20(16-23)6-2-9-22(15-20)14-17-4-11-25-12-5-17/h1,3,8,13,17H,2,4-7,9-12,14-16H2/t20-/m0/s1. The number of piperidine rings is 1. The zero-order chi connectivity index (χ0) is 17.1. The highest BCUT2D eigenvalue weighted by atomic mass is 16.5. The Morgan fingerprint density at radius 2 is 2.12 bits per heavy atom. The summed E-state index contributed by atoms with van der Waals surface area (Å²) in [6.07, 6.45) is 9.48. The fraction of sp³-hybridized carbons (Fsp3) is 0.700. The van der Waals surface area contributed by atoms with Crippen molar-refractivity contribution >= 4 is 5.91 Å². The maximum atomic E-state index is 12.7. The number of aromatic nitrogens is 1. The van der Waals surface area contributed by atoms with Crippen molar-refractivity contribution < 1.29 is 9.53 Å². The first-order valence-corrected chi connectivity index (χ1v) is 9.74. The third kappa shape index (κ3) is 3.87. The molecule has 25 heavy (non-hydrogen) atoms. The molecule has 3 aliphatic rings. The molecule has 1 amide bonds. The van der Waals surface area contributed by atoms with Gasteiger partial charge in [-0.05, 0) is 56.7 Å². The zero-order valence-electron chi connectivity index (χ0n) is 15.0. The molecule has 3 aliphatic heterocycles. The molecule has 0 bridgehead atoms. The van der Waals surface area contributed by atoms with Gasteiger partial charge in [0.15, 0.2) is 0 Å². The molecule has 1 aromatic heterocycles. The van der Waals surface area contributed by atoms with E-state index >= 15 is 0 Å². The van der Waals surface area contributed by atoms with E-state index in [1.54, 1.807) is 12.4 Å². The Morgan fingerprint density at radius 3 is 2.92 bits per heavy atom. The molecule has 5 nitrogen and oxygen atoms in total. The molecule has 1 atom stereocenters. The second-order valence-corrected chi connectivity index (χ2v) is 8.11. The lowest BCUT2D eigenvalue weighted by molar-refractivity contribution is 0.0309. The van der Waals surface area contributed by atoms with E-state index in [1.165, 1.54) is 38.8 Å². The van der Waals surface area contributed by atoms with Crippen LogP contribution in [0.4, 0.5) is 0 Å². The quantitative estimate of drug-likeness (QED) is 0.846. The minimum absolute atomic E-state index is 0.145. The number of carbonyl (C=O) groups excluding carboxylic acids is 1. The molecule has 3 fully saturated rings. The lowest BCUT2D eigenvalue weighted by Gasteiger charge is -2.42. The number of ether oxygens (including phenoxy) is 1. The highest BCUT2D eigenvalue weighted by Gasteiger charge is 2.43. The number of hydrogen-bond donors (Lipinski definition) is 0. The number of likely N-dealkylation sites (tertiary alicyclic amines) is 2. The first-order valence-electron chi connectivity index (χ1n) is 9.74. The number of rotatable bonds is 3. The van der Waals surface area contributed by atoms with Crippen molar-refractivity contribution in [2.45, 2.75) is 32.1 Å². The van der Waals surface area contributed by atoms with Crippen molar-refractivity contribution in [2.24, 2.45) is 11.3 Å². The van der Waals surface area contributed by atoms with Crippen molar-refractivity contribution in [1.82, 2.24) is 14.8 Å². The van der Waals surface area contributed by atoms with Gasteiger partial charge in [-0.25, -0.2) is 0 Å². The van der Waals surface area contributed by atoms with E-state index in [-0.39, 0.29) is 5.91 Å². The molecule has 4 rings (SSSR count). The Kier molecular flexibility index (Phi) is 5.04. The molecule has 4 heterocycles. The third-order valence-corrected chi connectivity index (χ3v) is 6.23. The van der Waals surface area contributed by atoms with Gasteiger partial charge in [0.2, 0.25) is 0 Å². The minimum atomic E-state index is 0.145. The molecule has 0 N–H and O–H groups in total. The predicted octanol–water partition coefficient (Wildman–Crippen LogP) is 2.44. The van der Waals surface area contributed by atoms with Crippen molar-refractivity contribution in [3.05, 3.63) is 30.1 Å². The molecular formula is C20H29N3O2. The molecule has 1 spiro atoms. The maximum Gasteiger partial charge on any atom is 0.255 e. The van der Waals surface area contributed by atoms with Gasteiger partial charge >= 0.3 is 0 Å². The van der Waals surface area contributed by atoms with Gasteiger partial charge in [-0.1, -0.05) is 0 Å². The summed E-state index contributed by atoms with van der Waals surface area (Å²) in [6.45, 7) is 7.23. The lowest BCUT2D eigenvalue weighted by atomic mass is 9.79. The van der Waals surface area contributed by atoms with Gasteiger partial charge in [0.1, 0.15) is 0 Å². The Bertz CT molecular complexity index is 588. The van der Waals surface area contributed by atoms with Gasteiger partial charge < -0.3 is 14.5 Å². The summed E-state index contributed by atoms with van der Waals surface area (Å²) >= 11 is 0. The molecule has 0 saturated carbocycles. The van der Waals surface area contributed by atoms with Crippen molar-refractivity contribution in [3.8, 4) is 0 Å². The fourth-order valence-electron chi connectivity index (χ4n) is 4.87. The van der Waals surface area contributed by atoms with Crippen molar-refractivity contribution in [1.29, 1.82) is 0 Å². The summed E-state index contributed by atoms with van der Waals surface area (Å²) in [6, 6.07) is 3.72. The maximum absolute atomic E-state index is 12.7. The topological polar surface area (TPSA) is 45.7 Å². The lowest BCUT2D eigenvalue weighted by Crippen LogP contribution is -2.47. The van der Waals surface area contributed by atoms with Gasteiger partial charge in [0, 0.05) is 57.2 Å². The minimum Gasteiger partial charge on any atom is -0.381 e. The zero-order valence-corrected chi connectivity index (χ0v) is 15.0. The van der Waals surface area contributed by atoms with Gasteiger partial charge in [-0.2, -0.15) is 0 Å². The van der Waals surface area contributed by atoms with E-state index < -0.39 is 0 Å². The van der Waals surface area contributed by atoms with Crippen LogP contribution in [-0.2, 0) is 4.74 Å². The number of amides is 1. The average Bonchev–Trinajstić information content (AvgIpc) is 3.06. The van der Waals surface area contributed by atoms with Crippen molar-refractivity contribution in [3.63, 3.8) is 0 Å². The monoisotopic (exact) mass is 343 g/mol. The van der Waals surface area contributed by atoms with Crippen LogP contribution in [0.2, 0.25) is 0 Å². The van der Waals surface area contributed by atoms with Crippen LogP contribution in [0.15, 0.2) is 24.5 Å². The van der Waals surface area contributed by atoms with E-state index in [4.69, 9.17) is 4.74 Å². The number of carbonyl (C=O) groups is 1. The molecule has 5 heteroatoms. The second kappa shape index (κ2) is 7.42. The number of pyridine rings is 1. The molecule has 0 unspecified atom stereocenters. The first kappa shape index (κ1) is 17.0. The summed E-state index contributed by atoms with van der Waals surface area (Å²) in [5.41, 5.74) is 1.02. The van der Waals surface area contributed by atoms with Gasteiger partial charge in [-0.15, -0.1) is 0 Å². The first-order chi connectivity index (χ1) is 12.2. The number of nitrogens with zero attached hydrogens (tertiary/aromatic N) is 3. The summed E-state index contributed by atoms with van der Waals surface area (Å²) in [4.78, 5) is 21.5. The van der Waals surface area contributed by atoms with E-state index in [0.717, 1.165) is 50.8 Å². The van der Waals surface area contributed by atoms with E-state index in [9.17, 15) is 4.79 Å². The normalized spacial score (nSPS) is 28.6. The van der Waals surface area contributed by atoms with Crippen LogP contribution in [0.25, 0.3) is 0 Å². The summed E-state index contributed by atoms with van der Waals surface area (Å²) in [5.74, 6) is 0.935. The smallest absolute Gasteiger partial charge is 0.255 e. The molecule has 1 aromatic rings. The molecule has 0 aliphatic carbocycles.